The van der Waals surface area contributed by atoms with E-state index in [0.29, 0.717) is 24.4 Å². The Morgan fingerprint density at radius 3 is 2.30 bits per heavy atom. The summed E-state index contributed by atoms with van der Waals surface area (Å²) in [6.07, 6.45) is 1.61. The van der Waals surface area contributed by atoms with E-state index < -0.39 is 10.0 Å². The van der Waals surface area contributed by atoms with Crippen molar-refractivity contribution in [2.45, 2.75) is 44.0 Å². The molecule has 1 amide bonds. The highest BCUT2D eigenvalue weighted by molar-refractivity contribution is 7.89. The fourth-order valence-electron chi connectivity index (χ4n) is 2.56. The molecule has 0 aliphatic heterocycles. The van der Waals surface area contributed by atoms with Crippen LogP contribution in [0.1, 0.15) is 43.9 Å². The van der Waals surface area contributed by atoms with Gasteiger partial charge in [-0.1, -0.05) is 42.8 Å². The molecule has 27 heavy (non-hydrogen) atoms. The number of sulfonamides is 1. The molecule has 2 aromatic carbocycles. The van der Waals surface area contributed by atoms with Crippen molar-refractivity contribution in [3.05, 3.63) is 64.7 Å². The van der Waals surface area contributed by atoms with Crippen LogP contribution in [0.4, 0.5) is 0 Å². The zero-order valence-electron chi connectivity index (χ0n) is 15.5. The summed E-state index contributed by atoms with van der Waals surface area (Å²) in [7, 11) is -3.46. The maximum atomic E-state index is 12.2. The van der Waals surface area contributed by atoms with Crippen LogP contribution in [0.5, 0.6) is 0 Å². The molecule has 2 N–H and O–H groups in total. The van der Waals surface area contributed by atoms with E-state index in [0.717, 1.165) is 17.5 Å². The summed E-state index contributed by atoms with van der Waals surface area (Å²) in [4.78, 5) is 12.4. The van der Waals surface area contributed by atoms with Gasteiger partial charge in [-0.2, -0.15) is 0 Å². The van der Waals surface area contributed by atoms with Gasteiger partial charge in [0.1, 0.15) is 0 Å². The molecule has 146 valence electrons. The van der Waals surface area contributed by atoms with E-state index >= 15 is 0 Å². The van der Waals surface area contributed by atoms with Crippen LogP contribution in [0.25, 0.3) is 0 Å². The third kappa shape index (κ3) is 6.65. The molecule has 2 aromatic rings. The predicted octanol–water partition coefficient (Wildman–Crippen LogP) is 3.84. The van der Waals surface area contributed by atoms with Crippen LogP contribution in [-0.2, 0) is 21.2 Å². The molecule has 7 heteroatoms. The van der Waals surface area contributed by atoms with Crippen LogP contribution in [0.3, 0.4) is 0 Å². The van der Waals surface area contributed by atoms with Crippen LogP contribution >= 0.6 is 11.6 Å². The molecule has 0 spiro atoms. The Hall–Kier alpha value is -1.89. The van der Waals surface area contributed by atoms with Gasteiger partial charge in [0, 0.05) is 18.0 Å². The Morgan fingerprint density at radius 2 is 1.70 bits per heavy atom. The van der Waals surface area contributed by atoms with Gasteiger partial charge in [-0.25, -0.2) is 13.1 Å². The van der Waals surface area contributed by atoms with Gasteiger partial charge >= 0.3 is 0 Å². The number of rotatable bonds is 9. The molecule has 0 saturated heterocycles. The van der Waals surface area contributed by atoms with Crippen LogP contribution in [0.15, 0.2) is 53.4 Å². The first-order chi connectivity index (χ1) is 12.8. The summed E-state index contributed by atoms with van der Waals surface area (Å²) >= 11 is 5.87. The lowest BCUT2D eigenvalue weighted by Crippen LogP contribution is -2.26. The average molecular weight is 409 g/mol. The fourth-order valence-corrected chi connectivity index (χ4v) is 3.82. The fraction of sp³-hybridized carbons (Fsp3) is 0.350. The van der Waals surface area contributed by atoms with Crippen LogP contribution in [0, 0.1) is 0 Å². The van der Waals surface area contributed by atoms with Gasteiger partial charge < -0.3 is 5.32 Å². The van der Waals surface area contributed by atoms with E-state index in [1.807, 2.05) is 26.0 Å². The maximum absolute atomic E-state index is 12.2. The van der Waals surface area contributed by atoms with Crippen molar-refractivity contribution in [3.8, 4) is 0 Å². The predicted molar refractivity (Wildman–Crippen MR) is 108 cm³/mol. The van der Waals surface area contributed by atoms with Gasteiger partial charge in [0.2, 0.25) is 15.9 Å². The molecule has 1 atom stereocenters. The Bertz CT molecular complexity index is 850. The number of nitrogens with one attached hydrogen (secondary N) is 2. The first-order valence-electron chi connectivity index (χ1n) is 8.95. The van der Waals surface area contributed by atoms with Crippen molar-refractivity contribution in [1.29, 1.82) is 0 Å². The van der Waals surface area contributed by atoms with Crippen molar-refractivity contribution < 1.29 is 13.2 Å². The third-order valence-corrected chi connectivity index (χ3v) is 5.89. The summed E-state index contributed by atoms with van der Waals surface area (Å²) in [5, 5.41) is 3.62. The number of halogens is 1. The molecule has 0 bridgehead atoms. The van der Waals surface area contributed by atoms with Crippen molar-refractivity contribution in [3.63, 3.8) is 0 Å². The summed E-state index contributed by atoms with van der Waals surface area (Å²) < 4.78 is 26.7. The highest BCUT2D eigenvalue weighted by Gasteiger charge is 2.13. The number of hydrogen-bond acceptors (Lipinski definition) is 3. The topological polar surface area (TPSA) is 75.3 Å². The molecular weight excluding hydrogens is 384 g/mol. The number of hydrogen-bond donors (Lipinski definition) is 2. The zero-order valence-corrected chi connectivity index (χ0v) is 17.1. The lowest BCUT2D eigenvalue weighted by molar-refractivity contribution is -0.121. The molecule has 5 nitrogen and oxygen atoms in total. The normalized spacial score (nSPS) is 12.6. The van der Waals surface area contributed by atoms with E-state index in [4.69, 9.17) is 11.6 Å². The second kappa shape index (κ2) is 9.88. The van der Waals surface area contributed by atoms with Crippen molar-refractivity contribution in [2.75, 3.05) is 6.54 Å². The number of carbonyl (C=O) groups is 1. The molecule has 0 saturated carbocycles. The van der Waals surface area contributed by atoms with Gasteiger partial charge in [0.05, 0.1) is 10.9 Å². The van der Waals surface area contributed by atoms with E-state index in [-0.39, 0.29) is 16.8 Å². The summed E-state index contributed by atoms with van der Waals surface area (Å²) in [6, 6.07) is 13.9. The number of carbonyl (C=O) groups excluding carboxylic acids is 1. The zero-order chi connectivity index (χ0) is 19.9. The summed E-state index contributed by atoms with van der Waals surface area (Å²) in [5.41, 5.74) is 1.90. The minimum Gasteiger partial charge on any atom is -0.350 e. The lowest BCUT2D eigenvalue weighted by Gasteiger charge is -2.14. The summed E-state index contributed by atoms with van der Waals surface area (Å²) in [6.45, 7) is 4.24. The molecule has 2 rings (SSSR count). The minimum absolute atomic E-state index is 0.0567. The molecule has 0 aromatic heterocycles. The van der Waals surface area contributed by atoms with Gasteiger partial charge in [0.15, 0.2) is 0 Å². The van der Waals surface area contributed by atoms with E-state index in [1.165, 1.54) is 0 Å². The molecule has 0 unspecified atom stereocenters. The Morgan fingerprint density at radius 1 is 1.07 bits per heavy atom. The molecule has 0 aliphatic carbocycles. The Labute approximate surface area is 166 Å². The Balaban J connectivity index is 1.87. The second-order valence-electron chi connectivity index (χ2n) is 6.38. The number of aryl methyl sites for hydroxylation is 1. The number of benzene rings is 2. The number of amides is 1. The van der Waals surface area contributed by atoms with Crippen molar-refractivity contribution in [2.24, 2.45) is 0 Å². The monoisotopic (exact) mass is 408 g/mol. The third-order valence-electron chi connectivity index (χ3n) is 4.16. The smallest absolute Gasteiger partial charge is 0.240 e. The molecule has 0 radical (unpaired) electrons. The van der Waals surface area contributed by atoms with Crippen LogP contribution < -0.4 is 10.0 Å². The largest absolute Gasteiger partial charge is 0.350 e. The first kappa shape index (κ1) is 21.4. The second-order valence-corrected chi connectivity index (χ2v) is 8.59. The molecule has 0 heterocycles. The molecular formula is C20H25ClN2O3S. The van der Waals surface area contributed by atoms with E-state index in [2.05, 4.69) is 10.0 Å². The SMILES string of the molecule is CCCNS(=O)(=O)c1ccc(CCC(=O)N[C@@H](C)c2ccc(Cl)cc2)cc1. The maximum Gasteiger partial charge on any atom is 0.240 e. The van der Waals surface area contributed by atoms with Crippen LogP contribution in [0.2, 0.25) is 5.02 Å². The van der Waals surface area contributed by atoms with Gasteiger partial charge in [-0.3, -0.25) is 4.79 Å². The van der Waals surface area contributed by atoms with Crippen molar-refractivity contribution >= 4 is 27.5 Å². The molecule has 0 aliphatic rings. The quantitative estimate of drug-likeness (QED) is 0.661. The molecule has 0 fully saturated rings. The highest BCUT2D eigenvalue weighted by Crippen LogP contribution is 2.16. The summed E-state index contributed by atoms with van der Waals surface area (Å²) in [5.74, 6) is -0.0567. The van der Waals surface area contributed by atoms with E-state index in [9.17, 15) is 13.2 Å². The standard InChI is InChI=1S/C20H25ClN2O3S/c1-3-14-22-27(25,26)19-11-4-16(5-12-19)6-13-20(24)23-15(2)17-7-9-18(21)10-8-17/h4-5,7-12,15,22H,3,6,13-14H2,1-2H3,(H,23,24)/t15-/m0/s1. The van der Waals surface area contributed by atoms with Gasteiger partial charge in [-0.05, 0) is 55.2 Å². The van der Waals surface area contributed by atoms with E-state index in [1.54, 1.807) is 36.4 Å². The highest BCUT2D eigenvalue weighted by atomic mass is 35.5. The Kier molecular flexibility index (Phi) is 7.83. The minimum atomic E-state index is -3.46. The van der Waals surface area contributed by atoms with Gasteiger partial charge in [0.25, 0.3) is 0 Å². The van der Waals surface area contributed by atoms with Crippen LogP contribution in [-0.4, -0.2) is 20.9 Å². The average Bonchev–Trinajstić information content (AvgIpc) is 2.65. The lowest BCUT2D eigenvalue weighted by atomic mass is 10.1. The van der Waals surface area contributed by atoms with Gasteiger partial charge in [-0.15, -0.1) is 0 Å². The first-order valence-corrected chi connectivity index (χ1v) is 10.8. The van der Waals surface area contributed by atoms with Crippen molar-refractivity contribution in [1.82, 2.24) is 10.0 Å².